The van der Waals surface area contributed by atoms with Crippen molar-refractivity contribution < 1.29 is 0 Å². The third kappa shape index (κ3) is 2.03. The second kappa shape index (κ2) is 3.51. The second-order valence-corrected chi connectivity index (χ2v) is 2.80. The van der Waals surface area contributed by atoms with Crippen LogP contribution in [-0.2, 0) is 6.54 Å². The summed E-state index contributed by atoms with van der Waals surface area (Å²) in [7, 11) is 0. The van der Waals surface area contributed by atoms with Crippen LogP contribution in [-0.4, -0.2) is 0 Å². The SMILES string of the molecule is Cc1ccc(CNN)cc1C. The first kappa shape index (κ1) is 8.24. The van der Waals surface area contributed by atoms with E-state index in [0.717, 1.165) is 6.54 Å². The lowest BCUT2D eigenvalue weighted by Gasteiger charge is -2.03. The molecule has 0 atom stereocenters. The molecule has 0 saturated carbocycles. The Labute approximate surface area is 67.4 Å². The molecule has 0 unspecified atom stereocenters. The van der Waals surface area contributed by atoms with Gasteiger partial charge >= 0.3 is 0 Å². The van der Waals surface area contributed by atoms with Crippen LogP contribution in [0.25, 0.3) is 0 Å². The highest BCUT2D eigenvalue weighted by molar-refractivity contribution is 5.29. The van der Waals surface area contributed by atoms with Crippen molar-refractivity contribution in [3.05, 3.63) is 34.9 Å². The first-order valence-corrected chi connectivity index (χ1v) is 3.73. The Bertz CT molecular complexity index is 243. The Kier molecular flexibility index (Phi) is 2.63. The maximum Gasteiger partial charge on any atom is 0.0348 e. The molecule has 0 aliphatic rings. The normalized spacial score (nSPS) is 10.1. The Hall–Kier alpha value is -0.860. The molecule has 1 rings (SSSR count). The molecule has 0 aromatic heterocycles. The van der Waals surface area contributed by atoms with Gasteiger partial charge in [0.05, 0.1) is 0 Å². The third-order valence-corrected chi connectivity index (χ3v) is 1.88. The minimum atomic E-state index is 0.737. The van der Waals surface area contributed by atoms with Crippen molar-refractivity contribution in [3.8, 4) is 0 Å². The van der Waals surface area contributed by atoms with Gasteiger partial charge in [0, 0.05) is 6.54 Å². The summed E-state index contributed by atoms with van der Waals surface area (Å²) in [5.41, 5.74) is 6.50. The topological polar surface area (TPSA) is 38.0 Å². The summed E-state index contributed by atoms with van der Waals surface area (Å²) in [5.74, 6) is 5.20. The zero-order valence-electron chi connectivity index (χ0n) is 7.02. The van der Waals surface area contributed by atoms with Crippen molar-refractivity contribution in [2.75, 3.05) is 0 Å². The molecular weight excluding hydrogens is 136 g/mol. The number of nitrogens with two attached hydrogens (primary N) is 1. The van der Waals surface area contributed by atoms with Crippen LogP contribution in [0.3, 0.4) is 0 Å². The summed E-state index contributed by atoms with van der Waals surface area (Å²) in [4.78, 5) is 0. The zero-order valence-corrected chi connectivity index (χ0v) is 7.02. The number of hydrogen-bond acceptors (Lipinski definition) is 2. The van der Waals surface area contributed by atoms with E-state index in [1.807, 2.05) is 0 Å². The molecule has 0 fully saturated rings. The second-order valence-electron chi connectivity index (χ2n) is 2.80. The van der Waals surface area contributed by atoms with E-state index in [2.05, 4.69) is 37.5 Å². The molecular formula is C9H14N2. The van der Waals surface area contributed by atoms with Crippen LogP contribution >= 0.6 is 0 Å². The number of nitrogens with one attached hydrogen (secondary N) is 1. The van der Waals surface area contributed by atoms with E-state index in [4.69, 9.17) is 5.84 Å². The number of aryl methyl sites for hydroxylation is 2. The van der Waals surface area contributed by atoms with E-state index in [0.29, 0.717) is 0 Å². The largest absolute Gasteiger partial charge is 0.271 e. The van der Waals surface area contributed by atoms with Crippen molar-refractivity contribution in [2.45, 2.75) is 20.4 Å². The van der Waals surface area contributed by atoms with Gasteiger partial charge in [0.1, 0.15) is 0 Å². The molecule has 2 heteroatoms. The highest BCUT2D eigenvalue weighted by atomic mass is 15.2. The van der Waals surface area contributed by atoms with Gasteiger partial charge in [0.25, 0.3) is 0 Å². The lowest BCUT2D eigenvalue weighted by Crippen LogP contribution is -2.20. The first-order chi connectivity index (χ1) is 5.24. The van der Waals surface area contributed by atoms with Gasteiger partial charge in [0.2, 0.25) is 0 Å². The maximum atomic E-state index is 5.20. The third-order valence-electron chi connectivity index (χ3n) is 1.88. The first-order valence-electron chi connectivity index (χ1n) is 3.73. The Balaban J connectivity index is 2.86. The van der Waals surface area contributed by atoms with E-state index < -0.39 is 0 Å². The standard InChI is InChI=1S/C9H14N2/c1-7-3-4-9(6-11-10)5-8(7)2/h3-5,11H,6,10H2,1-2H3. The highest BCUT2D eigenvalue weighted by Crippen LogP contribution is 2.08. The van der Waals surface area contributed by atoms with Crippen LogP contribution in [0.2, 0.25) is 0 Å². The summed E-state index contributed by atoms with van der Waals surface area (Å²) < 4.78 is 0. The number of benzene rings is 1. The van der Waals surface area contributed by atoms with Gasteiger partial charge in [-0.25, -0.2) is 0 Å². The van der Waals surface area contributed by atoms with Gasteiger partial charge < -0.3 is 0 Å². The molecule has 3 N–H and O–H groups in total. The average Bonchev–Trinajstić information content (AvgIpc) is 1.98. The van der Waals surface area contributed by atoms with E-state index in [1.165, 1.54) is 16.7 Å². The molecule has 0 amide bonds. The van der Waals surface area contributed by atoms with E-state index in [9.17, 15) is 0 Å². The van der Waals surface area contributed by atoms with Crippen LogP contribution in [0.1, 0.15) is 16.7 Å². The van der Waals surface area contributed by atoms with Gasteiger partial charge in [-0.3, -0.25) is 11.3 Å². The smallest absolute Gasteiger partial charge is 0.0348 e. The minimum absolute atomic E-state index is 0.737. The van der Waals surface area contributed by atoms with Crippen molar-refractivity contribution in [2.24, 2.45) is 5.84 Å². The average molecular weight is 150 g/mol. The molecule has 0 spiro atoms. The molecule has 0 saturated heterocycles. The molecule has 1 aromatic carbocycles. The summed E-state index contributed by atoms with van der Waals surface area (Å²) in [6.45, 7) is 4.95. The molecule has 0 heterocycles. The van der Waals surface area contributed by atoms with Gasteiger partial charge in [-0.05, 0) is 30.5 Å². The van der Waals surface area contributed by atoms with Crippen LogP contribution in [0, 0.1) is 13.8 Å². The summed E-state index contributed by atoms with van der Waals surface area (Å²) >= 11 is 0. The van der Waals surface area contributed by atoms with Gasteiger partial charge in [0.15, 0.2) is 0 Å². The lowest BCUT2D eigenvalue weighted by atomic mass is 10.1. The highest BCUT2D eigenvalue weighted by Gasteiger charge is 1.93. The van der Waals surface area contributed by atoms with Gasteiger partial charge in [-0.1, -0.05) is 18.2 Å². The van der Waals surface area contributed by atoms with Crippen LogP contribution < -0.4 is 11.3 Å². The molecule has 0 aliphatic carbocycles. The van der Waals surface area contributed by atoms with E-state index >= 15 is 0 Å². The maximum absolute atomic E-state index is 5.20. The quantitative estimate of drug-likeness (QED) is 0.492. The van der Waals surface area contributed by atoms with Crippen molar-refractivity contribution in [3.63, 3.8) is 0 Å². The Morgan fingerprint density at radius 1 is 1.27 bits per heavy atom. The van der Waals surface area contributed by atoms with E-state index in [1.54, 1.807) is 0 Å². The Morgan fingerprint density at radius 2 is 2.00 bits per heavy atom. The van der Waals surface area contributed by atoms with Crippen molar-refractivity contribution in [1.82, 2.24) is 5.43 Å². The van der Waals surface area contributed by atoms with Crippen LogP contribution in [0.5, 0.6) is 0 Å². The number of hydrogen-bond donors (Lipinski definition) is 2. The lowest BCUT2D eigenvalue weighted by molar-refractivity contribution is 0.740. The fourth-order valence-corrected chi connectivity index (χ4v) is 1.03. The number of rotatable bonds is 2. The molecule has 0 bridgehead atoms. The monoisotopic (exact) mass is 150 g/mol. The number of hydrazine groups is 1. The van der Waals surface area contributed by atoms with Gasteiger partial charge in [-0.15, -0.1) is 0 Å². The predicted octanol–water partition coefficient (Wildman–Crippen LogP) is 1.27. The molecule has 1 aromatic rings. The predicted molar refractivity (Wildman–Crippen MR) is 46.9 cm³/mol. The fraction of sp³-hybridized carbons (Fsp3) is 0.333. The summed E-state index contributed by atoms with van der Waals surface area (Å²) in [6, 6.07) is 6.35. The minimum Gasteiger partial charge on any atom is -0.271 e. The van der Waals surface area contributed by atoms with Gasteiger partial charge in [-0.2, -0.15) is 0 Å². The van der Waals surface area contributed by atoms with Crippen LogP contribution in [0.4, 0.5) is 0 Å². The zero-order chi connectivity index (χ0) is 8.27. The summed E-state index contributed by atoms with van der Waals surface area (Å²) in [6.07, 6.45) is 0. The molecule has 60 valence electrons. The molecule has 0 aliphatic heterocycles. The molecule has 2 nitrogen and oxygen atoms in total. The van der Waals surface area contributed by atoms with Crippen molar-refractivity contribution >= 4 is 0 Å². The van der Waals surface area contributed by atoms with E-state index in [-0.39, 0.29) is 0 Å². The summed E-state index contributed by atoms with van der Waals surface area (Å²) in [5, 5.41) is 0. The fourth-order valence-electron chi connectivity index (χ4n) is 1.03. The Morgan fingerprint density at radius 3 is 2.55 bits per heavy atom. The molecule has 11 heavy (non-hydrogen) atoms. The molecule has 0 radical (unpaired) electrons. The van der Waals surface area contributed by atoms with Crippen LogP contribution in [0.15, 0.2) is 18.2 Å². The van der Waals surface area contributed by atoms with Crippen molar-refractivity contribution in [1.29, 1.82) is 0 Å².